The van der Waals surface area contributed by atoms with Crippen LogP contribution in [0.15, 0.2) is 0 Å². The van der Waals surface area contributed by atoms with Crippen molar-refractivity contribution in [2.75, 3.05) is 7.05 Å². The third kappa shape index (κ3) is 3.49. The van der Waals surface area contributed by atoms with E-state index in [2.05, 4.69) is 19.2 Å². The number of carbonyl (C=O) groups excluding carboxylic acids is 1. The lowest BCUT2D eigenvalue weighted by atomic mass is 9.99. The van der Waals surface area contributed by atoms with E-state index < -0.39 is 0 Å². The summed E-state index contributed by atoms with van der Waals surface area (Å²) in [6, 6.07) is 0. The van der Waals surface area contributed by atoms with Gasteiger partial charge in [0.05, 0.1) is 0 Å². The first-order chi connectivity index (χ1) is 4.74. The molecule has 0 bridgehead atoms. The highest BCUT2D eigenvalue weighted by atomic mass is 16.1. The SMILES string of the molecule is CCC(CC)CC(=O)NC. The van der Waals surface area contributed by atoms with E-state index in [1.54, 1.807) is 7.05 Å². The highest BCUT2D eigenvalue weighted by molar-refractivity contribution is 5.75. The molecule has 0 aliphatic heterocycles. The van der Waals surface area contributed by atoms with Gasteiger partial charge in [-0.2, -0.15) is 0 Å². The number of carbonyl (C=O) groups is 1. The van der Waals surface area contributed by atoms with Crippen molar-refractivity contribution in [3.05, 3.63) is 0 Å². The van der Waals surface area contributed by atoms with Gasteiger partial charge in [0.1, 0.15) is 0 Å². The van der Waals surface area contributed by atoms with Crippen LogP contribution in [0, 0.1) is 5.92 Å². The summed E-state index contributed by atoms with van der Waals surface area (Å²) in [6.07, 6.45) is 2.89. The summed E-state index contributed by atoms with van der Waals surface area (Å²) in [7, 11) is 1.69. The van der Waals surface area contributed by atoms with Gasteiger partial charge in [-0.15, -0.1) is 0 Å². The van der Waals surface area contributed by atoms with Gasteiger partial charge in [-0.05, 0) is 5.92 Å². The van der Waals surface area contributed by atoms with Gasteiger partial charge in [-0.1, -0.05) is 26.7 Å². The number of amides is 1. The molecule has 0 aliphatic rings. The van der Waals surface area contributed by atoms with Gasteiger partial charge in [-0.3, -0.25) is 4.79 Å². The first kappa shape index (κ1) is 9.47. The van der Waals surface area contributed by atoms with Gasteiger partial charge in [0.2, 0.25) is 5.91 Å². The second kappa shape index (κ2) is 5.27. The first-order valence-corrected chi connectivity index (χ1v) is 3.95. The molecule has 0 radical (unpaired) electrons. The van der Waals surface area contributed by atoms with Crippen LogP contribution in [-0.2, 0) is 4.79 Å². The quantitative estimate of drug-likeness (QED) is 0.635. The smallest absolute Gasteiger partial charge is 0.220 e. The molecule has 0 saturated carbocycles. The number of nitrogens with one attached hydrogen (secondary N) is 1. The van der Waals surface area contributed by atoms with Crippen molar-refractivity contribution in [3.63, 3.8) is 0 Å². The highest BCUT2D eigenvalue weighted by Gasteiger charge is 2.07. The summed E-state index contributed by atoms with van der Waals surface area (Å²) in [4.78, 5) is 10.8. The zero-order chi connectivity index (χ0) is 7.98. The Morgan fingerprint density at radius 2 is 1.90 bits per heavy atom. The van der Waals surface area contributed by atoms with Crippen molar-refractivity contribution in [2.45, 2.75) is 33.1 Å². The topological polar surface area (TPSA) is 29.1 Å². The molecule has 0 heterocycles. The van der Waals surface area contributed by atoms with E-state index in [0.29, 0.717) is 12.3 Å². The molecule has 0 aromatic carbocycles. The third-order valence-corrected chi connectivity index (χ3v) is 1.91. The van der Waals surface area contributed by atoms with Crippen LogP contribution >= 0.6 is 0 Å². The van der Waals surface area contributed by atoms with Gasteiger partial charge in [0.15, 0.2) is 0 Å². The Morgan fingerprint density at radius 1 is 1.40 bits per heavy atom. The molecule has 0 aromatic rings. The van der Waals surface area contributed by atoms with Crippen LogP contribution in [0.5, 0.6) is 0 Å². The number of hydrogen-bond donors (Lipinski definition) is 1. The van der Waals surface area contributed by atoms with E-state index in [4.69, 9.17) is 0 Å². The second-order valence-corrected chi connectivity index (χ2v) is 2.56. The number of rotatable bonds is 4. The monoisotopic (exact) mass is 143 g/mol. The molecule has 2 heteroatoms. The molecular weight excluding hydrogens is 126 g/mol. The van der Waals surface area contributed by atoms with Gasteiger partial charge >= 0.3 is 0 Å². The molecule has 0 saturated heterocycles. The maximum atomic E-state index is 10.8. The van der Waals surface area contributed by atoms with Crippen LogP contribution in [0.3, 0.4) is 0 Å². The second-order valence-electron chi connectivity index (χ2n) is 2.56. The van der Waals surface area contributed by atoms with Gasteiger partial charge in [-0.25, -0.2) is 0 Å². The van der Waals surface area contributed by atoms with Crippen molar-refractivity contribution in [1.82, 2.24) is 5.32 Å². The Bertz CT molecular complexity index is 97.4. The van der Waals surface area contributed by atoms with Gasteiger partial charge in [0, 0.05) is 13.5 Å². The fourth-order valence-corrected chi connectivity index (χ4v) is 0.942. The summed E-state index contributed by atoms with van der Waals surface area (Å²) in [5.41, 5.74) is 0. The van der Waals surface area contributed by atoms with Crippen LogP contribution < -0.4 is 5.32 Å². The summed E-state index contributed by atoms with van der Waals surface area (Å²) in [6.45, 7) is 4.24. The molecule has 0 fully saturated rings. The minimum Gasteiger partial charge on any atom is -0.359 e. The average Bonchev–Trinajstić information content (AvgIpc) is 1.99. The Hall–Kier alpha value is -0.530. The lowest BCUT2D eigenvalue weighted by Crippen LogP contribution is -2.20. The molecule has 1 amide bonds. The zero-order valence-corrected chi connectivity index (χ0v) is 7.11. The highest BCUT2D eigenvalue weighted by Crippen LogP contribution is 2.11. The van der Waals surface area contributed by atoms with Crippen LogP contribution in [0.25, 0.3) is 0 Å². The molecule has 0 unspecified atom stereocenters. The van der Waals surface area contributed by atoms with Crippen LogP contribution in [0.4, 0.5) is 0 Å². The molecule has 2 nitrogen and oxygen atoms in total. The average molecular weight is 143 g/mol. The van der Waals surface area contributed by atoms with Crippen LogP contribution in [-0.4, -0.2) is 13.0 Å². The van der Waals surface area contributed by atoms with E-state index in [1.807, 2.05) is 0 Å². The molecule has 10 heavy (non-hydrogen) atoms. The summed E-state index contributed by atoms with van der Waals surface area (Å²) < 4.78 is 0. The largest absolute Gasteiger partial charge is 0.359 e. The maximum Gasteiger partial charge on any atom is 0.220 e. The normalized spacial score (nSPS) is 10.0. The summed E-state index contributed by atoms with van der Waals surface area (Å²) >= 11 is 0. The van der Waals surface area contributed by atoms with E-state index in [0.717, 1.165) is 12.8 Å². The first-order valence-electron chi connectivity index (χ1n) is 3.95. The Morgan fingerprint density at radius 3 is 2.20 bits per heavy atom. The molecule has 1 N–H and O–H groups in total. The van der Waals surface area contributed by atoms with Gasteiger partial charge in [0.25, 0.3) is 0 Å². The standard InChI is InChI=1S/C8H17NO/c1-4-7(5-2)6-8(10)9-3/h7H,4-6H2,1-3H3,(H,9,10). The lowest BCUT2D eigenvalue weighted by Gasteiger charge is -2.09. The molecular formula is C8H17NO. The van der Waals surface area contributed by atoms with E-state index in [1.165, 1.54) is 0 Å². The van der Waals surface area contributed by atoms with Crippen LogP contribution in [0.1, 0.15) is 33.1 Å². The fourth-order valence-electron chi connectivity index (χ4n) is 0.942. The molecule has 0 spiro atoms. The predicted octanol–water partition coefficient (Wildman–Crippen LogP) is 1.56. The van der Waals surface area contributed by atoms with Crippen molar-refractivity contribution in [1.29, 1.82) is 0 Å². The predicted molar refractivity (Wildman–Crippen MR) is 42.8 cm³/mol. The Labute approximate surface area is 63.0 Å². The molecule has 0 aliphatic carbocycles. The number of hydrogen-bond acceptors (Lipinski definition) is 1. The van der Waals surface area contributed by atoms with Crippen LogP contribution in [0.2, 0.25) is 0 Å². The van der Waals surface area contributed by atoms with Crippen molar-refractivity contribution < 1.29 is 4.79 Å². The molecule has 60 valence electrons. The minimum absolute atomic E-state index is 0.161. The molecule has 0 atom stereocenters. The van der Waals surface area contributed by atoms with E-state index >= 15 is 0 Å². The Balaban J connectivity index is 3.52. The minimum atomic E-state index is 0.161. The van der Waals surface area contributed by atoms with Gasteiger partial charge < -0.3 is 5.32 Å². The lowest BCUT2D eigenvalue weighted by molar-refractivity contribution is -0.121. The van der Waals surface area contributed by atoms with Crippen molar-refractivity contribution in [2.24, 2.45) is 5.92 Å². The summed E-state index contributed by atoms with van der Waals surface area (Å²) in [5.74, 6) is 0.730. The van der Waals surface area contributed by atoms with Crippen molar-refractivity contribution in [3.8, 4) is 0 Å². The third-order valence-electron chi connectivity index (χ3n) is 1.91. The Kier molecular flexibility index (Phi) is 4.99. The maximum absolute atomic E-state index is 10.8. The molecule has 0 rings (SSSR count). The van der Waals surface area contributed by atoms with E-state index in [-0.39, 0.29) is 5.91 Å². The van der Waals surface area contributed by atoms with E-state index in [9.17, 15) is 4.79 Å². The van der Waals surface area contributed by atoms with Crippen molar-refractivity contribution >= 4 is 5.91 Å². The fraction of sp³-hybridized carbons (Fsp3) is 0.875. The summed E-state index contributed by atoms with van der Waals surface area (Å²) in [5, 5.41) is 2.63. The zero-order valence-electron chi connectivity index (χ0n) is 7.11. The molecule has 0 aromatic heterocycles.